The van der Waals surface area contributed by atoms with Crippen LogP contribution in [0.15, 0.2) is 96.0 Å². The molecule has 0 spiro atoms. The largest absolute Gasteiger partial charge is 1.00 e. The van der Waals surface area contributed by atoms with Crippen molar-refractivity contribution in [1.29, 1.82) is 0 Å². The molecule has 1 aliphatic rings. The van der Waals surface area contributed by atoms with Crippen molar-refractivity contribution in [2.24, 2.45) is 4.99 Å². The standard InChI is InChI=1S/C32H39NO10S2.K/c1-23(35)33-27(17-34)31(40-19-25-13-7-3-8-14-25)30(21-39-18-24-11-5-2-6-12-24)44-22-29-28(43-45(36,37)38)20-41-32(42-29)26-15-9-4-10-16-26;/h2-16,27-32,34H,17-22H2,1H3,(H,33,35)(H,36,37,38);/q;+1/p-1/t27-,28+,29-,30-,31+,32?;/m1./s1. The molecule has 0 radical (unpaired) electrons. The number of aliphatic hydroxyl groups is 1. The molecule has 14 heteroatoms. The van der Waals surface area contributed by atoms with Crippen LogP contribution in [0, 0.1) is 0 Å². The molecule has 6 atom stereocenters. The van der Waals surface area contributed by atoms with Crippen LogP contribution in [-0.2, 0) is 46.7 Å². The third kappa shape index (κ3) is 13.4. The van der Waals surface area contributed by atoms with E-state index in [2.05, 4.69) is 4.99 Å². The predicted molar refractivity (Wildman–Crippen MR) is 168 cm³/mol. The van der Waals surface area contributed by atoms with E-state index >= 15 is 0 Å². The van der Waals surface area contributed by atoms with Crippen LogP contribution in [0.5, 0.6) is 0 Å². The van der Waals surface area contributed by atoms with E-state index < -0.39 is 58.8 Å². The van der Waals surface area contributed by atoms with Gasteiger partial charge in [0.2, 0.25) is 0 Å². The molecule has 244 valence electrons. The second-order valence-corrected chi connectivity index (χ2v) is 12.7. The van der Waals surface area contributed by atoms with Gasteiger partial charge in [-0.3, -0.25) is 9.55 Å². The third-order valence-corrected chi connectivity index (χ3v) is 8.72. The van der Waals surface area contributed by atoms with Crippen molar-refractivity contribution < 1.29 is 97.7 Å². The molecule has 0 saturated carbocycles. The van der Waals surface area contributed by atoms with Gasteiger partial charge in [-0.2, -0.15) is 20.2 Å². The molecule has 1 saturated heterocycles. The second-order valence-electron chi connectivity index (χ2n) is 10.3. The summed E-state index contributed by atoms with van der Waals surface area (Å²) in [5, 5.41) is 21.9. The van der Waals surface area contributed by atoms with E-state index in [1.807, 2.05) is 91.0 Å². The Bertz CT molecular complexity index is 1420. The molecule has 46 heavy (non-hydrogen) atoms. The number of benzene rings is 3. The SMILES string of the molecule is CC([O-])=N[C@H](CO)[C@H](OCc1ccccc1)[C@@H](COCc1ccccc1)SC[C@H]1OC(c2ccccc2)OC[C@@H]1OS(=O)(=O)O.[K+]. The van der Waals surface area contributed by atoms with E-state index in [1.54, 1.807) is 0 Å². The zero-order valence-electron chi connectivity index (χ0n) is 25.8. The van der Waals surface area contributed by atoms with Crippen LogP contribution >= 0.6 is 11.8 Å². The number of thioether (sulfide) groups is 1. The molecule has 1 heterocycles. The maximum atomic E-state index is 12.1. The minimum atomic E-state index is -4.81. The number of hydrogen-bond donors (Lipinski definition) is 2. The number of nitrogens with zero attached hydrogens (tertiary/aromatic N) is 1. The molecular formula is C32H38KNO10S2. The quantitative estimate of drug-likeness (QED) is 0.0867. The summed E-state index contributed by atoms with van der Waals surface area (Å²) in [6.07, 6.45) is -3.57. The molecule has 0 bridgehead atoms. The van der Waals surface area contributed by atoms with Crippen molar-refractivity contribution in [1.82, 2.24) is 0 Å². The van der Waals surface area contributed by atoms with E-state index in [-0.39, 0.29) is 77.0 Å². The molecule has 0 amide bonds. The molecule has 1 unspecified atom stereocenters. The van der Waals surface area contributed by atoms with Gasteiger partial charge in [-0.05, 0) is 23.9 Å². The van der Waals surface area contributed by atoms with Crippen molar-refractivity contribution in [2.75, 3.05) is 25.6 Å². The molecule has 4 rings (SSSR count). The van der Waals surface area contributed by atoms with Gasteiger partial charge in [0, 0.05) is 11.3 Å². The van der Waals surface area contributed by atoms with Gasteiger partial charge in [0.25, 0.3) is 0 Å². The smallest absolute Gasteiger partial charge is 0.862 e. The van der Waals surface area contributed by atoms with E-state index in [1.165, 1.54) is 18.7 Å². The van der Waals surface area contributed by atoms with Gasteiger partial charge in [-0.1, -0.05) is 91.0 Å². The van der Waals surface area contributed by atoms with Gasteiger partial charge in [-0.25, -0.2) is 4.18 Å². The first-order chi connectivity index (χ1) is 21.7. The third-order valence-electron chi connectivity index (χ3n) is 6.88. The summed E-state index contributed by atoms with van der Waals surface area (Å²) < 4.78 is 62.1. The van der Waals surface area contributed by atoms with Crippen LogP contribution < -0.4 is 56.5 Å². The molecule has 1 aliphatic heterocycles. The maximum absolute atomic E-state index is 12.1. The Morgan fingerprint density at radius 3 is 2.15 bits per heavy atom. The van der Waals surface area contributed by atoms with Crippen LogP contribution in [0.2, 0.25) is 0 Å². The first-order valence-corrected chi connectivity index (χ1v) is 16.8. The van der Waals surface area contributed by atoms with Crippen LogP contribution in [0.25, 0.3) is 0 Å². The molecular weight excluding hydrogens is 662 g/mol. The fourth-order valence-electron chi connectivity index (χ4n) is 4.76. The summed E-state index contributed by atoms with van der Waals surface area (Å²) in [6, 6.07) is 27.3. The normalized spacial score (nSPS) is 20.8. The number of aliphatic hydroxyl groups excluding tert-OH is 1. The molecule has 0 aromatic heterocycles. The summed E-state index contributed by atoms with van der Waals surface area (Å²) in [7, 11) is -4.81. The van der Waals surface area contributed by atoms with Crippen molar-refractivity contribution in [3.8, 4) is 0 Å². The molecule has 3 aromatic rings. The Morgan fingerprint density at radius 2 is 1.59 bits per heavy atom. The summed E-state index contributed by atoms with van der Waals surface area (Å²) >= 11 is 1.33. The van der Waals surface area contributed by atoms with E-state index in [9.17, 15) is 23.2 Å². The Morgan fingerprint density at radius 1 is 1.00 bits per heavy atom. The summed E-state index contributed by atoms with van der Waals surface area (Å²) in [5.41, 5.74) is 2.57. The Balaban J connectivity index is 0.00000576. The topological polar surface area (TPSA) is 156 Å². The zero-order valence-corrected chi connectivity index (χ0v) is 30.5. The van der Waals surface area contributed by atoms with Gasteiger partial charge in [0.1, 0.15) is 12.2 Å². The summed E-state index contributed by atoms with van der Waals surface area (Å²) in [5.74, 6) is -0.299. The average Bonchev–Trinajstić information content (AvgIpc) is 3.03. The van der Waals surface area contributed by atoms with Crippen molar-refractivity contribution in [2.45, 2.75) is 56.0 Å². The molecule has 3 aromatic carbocycles. The van der Waals surface area contributed by atoms with Crippen LogP contribution in [0.1, 0.15) is 29.9 Å². The van der Waals surface area contributed by atoms with Crippen molar-refractivity contribution >= 4 is 28.1 Å². The predicted octanol–water partition coefficient (Wildman–Crippen LogP) is 0.336. The van der Waals surface area contributed by atoms with E-state index in [4.69, 9.17) is 23.1 Å². The van der Waals surface area contributed by atoms with Crippen molar-refractivity contribution in [3.63, 3.8) is 0 Å². The fourth-order valence-corrected chi connectivity index (χ4v) is 6.62. The maximum Gasteiger partial charge on any atom is 1.00 e. The first-order valence-electron chi connectivity index (χ1n) is 14.4. The van der Waals surface area contributed by atoms with Gasteiger partial charge in [-0.15, -0.1) is 0 Å². The first kappa shape index (κ1) is 39.2. The van der Waals surface area contributed by atoms with Gasteiger partial charge >= 0.3 is 61.8 Å². The van der Waals surface area contributed by atoms with Crippen LogP contribution in [0.3, 0.4) is 0 Å². The molecule has 2 N–H and O–H groups in total. The van der Waals surface area contributed by atoms with Crippen LogP contribution in [-0.4, -0.2) is 79.2 Å². The number of rotatable bonds is 17. The number of aliphatic imine (C=N–C) groups is 1. The Hall–Kier alpha value is -1.21. The Kier molecular flexibility index (Phi) is 17.3. The Labute approximate surface area is 317 Å². The van der Waals surface area contributed by atoms with Crippen LogP contribution in [0.4, 0.5) is 0 Å². The van der Waals surface area contributed by atoms with E-state index in [0.29, 0.717) is 6.61 Å². The summed E-state index contributed by atoms with van der Waals surface area (Å²) in [4.78, 5) is 4.13. The minimum Gasteiger partial charge on any atom is -0.862 e. The second kappa shape index (κ2) is 20.3. The monoisotopic (exact) mass is 699 g/mol. The molecule has 1 fully saturated rings. The molecule has 0 aliphatic carbocycles. The minimum absolute atomic E-state index is 0. The number of ether oxygens (including phenoxy) is 4. The average molecular weight is 700 g/mol. The number of hydrogen-bond acceptors (Lipinski definition) is 11. The zero-order chi connectivity index (χ0) is 32.1. The van der Waals surface area contributed by atoms with Gasteiger partial charge < -0.3 is 29.2 Å². The van der Waals surface area contributed by atoms with Gasteiger partial charge in [0.05, 0.1) is 50.4 Å². The summed E-state index contributed by atoms with van der Waals surface area (Å²) in [6.45, 7) is 1.32. The molecule has 11 nitrogen and oxygen atoms in total. The van der Waals surface area contributed by atoms with Crippen molar-refractivity contribution in [3.05, 3.63) is 108 Å². The fraction of sp³-hybridized carbons (Fsp3) is 0.406. The van der Waals surface area contributed by atoms with Gasteiger partial charge in [0.15, 0.2) is 6.29 Å². The van der Waals surface area contributed by atoms with E-state index in [0.717, 1.165) is 16.7 Å².